The third-order valence-electron chi connectivity index (χ3n) is 2.25. The van der Waals surface area contributed by atoms with E-state index in [-0.39, 0.29) is 6.61 Å². The smallest absolute Gasteiger partial charge is 0.210 e. The quantitative estimate of drug-likeness (QED) is 0.380. The van der Waals surface area contributed by atoms with Gasteiger partial charge in [-0.05, 0) is 12.1 Å². The molecule has 0 aliphatic heterocycles. The third kappa shape index (κ3) is 1.82. The van der Waals surface area contributed by atoms with E-state index in [1.807, 2.05) is 0 Å². The van der Waals surface area contributed by atoms with E-state index in [1.165, 1.54) is 6.20 Å². The largest absolute Gasteiger partial charge is 0.594 e. The van der Waals surface area contributed by atoms with Crippen LogP contribution in [0.1, 0.15) is 0 Å². The standard InChI is InChI=1S/C10H12N4O2/c11-8-1-2-9(12-4-6-15)10-7(8)3-5-14(16)13-10/h1-3,5,12,15H,4,6,11H2. The number of hydrogen-bond acceptors (Lipinski definition) is 5. The van der Waals surface area contributed by atoms with Crippen molar-refractivity contribution in [2.45, 2.75) is 0 Å². The molecule has 4 N–H and O–H groups in total. The molecule has 0 aliphatic carbocycles. The summed E-state index contributed by atoms with van der Waals surface area (Å²) < 4.78 is 0. The van der Waals surface area contributed by atoms with Crippen molar-refractivity contribution in [1.82, 2.24) is 5.10 Å². The molecule has 6 heteroatoms. The number of nitrogen functional groups attached to an aromatic ring is 1. The molecule has 16 heavy (non-hydrogen) atoms. The first-order valence-corrected chi connectivity index (χ1v) is 4.86. The van der Waals surface area contributed by atoms with Crippen molar-refractivity contribution in [3.63, 3.8) is 0 Å². The summed E-state index contributed by atoms with van der Waals surface area (Å²) in [5, 5.41) is 27.4. The summed E-state index contributed by atoms with van der Waals surface area (Å²) in [6.45, 7) is 0.407. The predicted molar refractivity (Wildman–Crippen MR) is 60.7 cm³/mol. The molecule has 0 amide bonds. The molecule has 0 saturated heterocycles. The molecule has 2 aromatic rings. The molecule has 0 spiro atoms. The number of benzene rings is 1. The highest BCUT2D eigenvalue weighted by molar-refractivity contribution is 5.97. The van der Waals surface area contributed by atoms with Crippen LogP contribution in [0.5, 0.6) is 0 Å². The fourth-order valence-electron chi connectivity index (χ4n) is 1.51. The van der Waals surface area contributed by atoms with E-state index < -0.39 is 0 Å². The summed E-state index contributed by atoms with van der Waals surface area (Å²) in [7, 11) is 0. The Bertz CT molecular complexity index is 515. The zero-order valence-electron chi connectivity index (χ0n) is 8.55. The Morgan fingerprint density at radius 2 is 2.25 bits per heavy atom. The van der Waals surface area contributed by atoms with Gasteiger partial charge < -0.3 is 21.4 Å². The van der Waals surface area contributed by atoms with Gasteiger partial charge in [-0.25, -0.2) is 0 Å². The van der Waals surface area contributed by atoms with Gasteiger partial charge in [-0.15, -0.1) is 0 Å². The molecule has 0 unspecified atom stereocenters. The maximum Gasteiger partial charge on any atom is 0.210 e. The van der Waals surface area contributed by atoms with Crippen molar-refractivity contribution in [3.05, 3.63) is 29.6 Å². The number of fused-ring (bicyclic) bond motifs is 1. The Morgan fingerprint density at radius 3 is 3.00 bits per heavy atom. The van der Waals surface area contributed by atoms with Gasteiger partial charge in [-0.1, -0.05) is 4.85 Å². The van der Waals surface area contributed by atoms with E-state index in [2.05, 4.69) is 10.4 Å². The molecule has 84 valence electrons. The zero-order chi connectivity index (χ0) is 11.5. The van der Waals surface area contributed by atoms with Crippen molar-refractivity contribution in [3.8, 4) is 0 Å². The third-order valence-corrected chi connectivity index (χ3v) is 2.25. The molecule has 1 aromatic heterocycles. The minimum atomic E-state index is 0.01000. The van der Waals surface area contributed by atoms with Gasteiger partial charge in [0.1, 0.15) is 0 Å². The Morgan fingerprint density at radius 1 is 1.44 bits per heavy atom. The summed E-state index contributed by atoms with van der Waals surface area (Å²) in [6, 6.07) is 5.09. The summed E-state index contributed by atoms with van der Waals surface area (Å²) in [4.78, 5) is 0.478. The summed E-state index contributed by atoms with van der Waals surface area (Å²) in [5.41, 5.74) is 7.53. The van der Waals surface area contributed by atoms with Gasteiger partial charge in [0.25, 0.3) is 0 Å². The summed E-state index contributed by atoms with van der Waals surface area (Å²) >= 11 is 0. The molecule has 0 saturated carbocycles. The number of nitrogens with one attached hydrogen (secondary N) is 1. The number of aromatic nitrogens is 2. The van der Waals surface area contributed by atoms with Crippen molar-refractivity contribution < 1.29 is 9.95 Å². The lowest BCUT2D eigenvalue weighted by Gasteiger charge is -2.08. The average molecular weight is 220 g/mol. The normalized spacial score (nSPS) is 10.6. The molecule has 1 heterocycles. The molecular weight excluding hydrogens is 208 g/mol. The highest BCUT2D eigenvalue weighted by atomic mass is 16.5. The highest BCUT2D eigenvalue weighted by Gasteiger charge is 2.08. The van der Waals surface area contributed by atoms with Gasteiger partial charge >= 0.3 is 0 Å². The topological polar surface area (TPSA) is 98.1 Å². The van der Waals surface area contributed by atoms with Gasteiger partial charge in [0.15, 0.2) is 5.52 Å². The molecule has 0 bridgehead atoms. The molecule has 1 aromatic carbocycles. The van der Waals surface area contributed by atoms with Crippen LogP contribution in [-0.4, -0.2) is 23.4 Å². The van der Waals surface area contributed by atoms with Crippen LogP contribution >= 0.6 is 0 Å². The Balaban J connectivity index is 2.56. The number of aliphatic hydroxyl groups excluding tert-OH is 1. The van der Waals surface area contributed by atoms with Gasteiger partial charge in [0, 0.05) is 28.8 Å². The van der Waals surface area contributed by atoms with Gasteiger partial charge in [0.05, 0.1) is 12.3 Å². The lowest BCUT2D eigenvalue weighted by Crippen LogP contribution is -2.30. The molecular formula is C10H12N4O2. The zero-order valence-corrected chi connectivity index (χ0v) is 8.55. The number of rotatable bonds is 3. The van der Waals surface area contributed by atoms with Crippen LogP contribution in [0.15, 0.2) is 24.4 Å². The molecule has 6 nitrogen and oxygen atoms in total. The first-order valence-electron chi connectivity index (χ1n) is 4.86. The van der Waals surface area contributed by atoms with Gasteiger partial charge in [-0.2, -0.15) is 0 Å². The molecule has 0 fully saturated rings. The van der Waals surface area contributed by atoms with Crippen LogP contribution in [0.4, 0.5) is 11.4 Å². The predicted octanol–water partition coefficient (Wildman–Crippen LogP) is -0.145. The SMILES string of the molecule is Nc1ccc(NCCO)c2n[n+]([O-])ccc12. The second-order valence-corrected chi connectivity index (χ2v) is 3.33. The monoisotopic (exact) mass is 220 g/mol. The van der Waals surface area contributed by atoms with Crippen LogP contribution in [0.3, 0.4) is 0 Å². The maximum atomic E-state index is 11.1. The van der Waals surface area contributed by atoms with Gasteiger partial charge in [0.2, 0.25) is 6.20 Å². The number of hydrogen-bond donors (Lipinski definition) is 3. The van der Waals surface area contributed by atoms with Crippen LogP contribution in [0.2, 0.25) is 0 Å². The fraction of sp³-hybridized carbons (Fsp3) is 0.200. The first kappa shape index (κ1) is 10.4. The van der Waals surface area contributed by atoms with Crippen LogP contribution < -0.4 is 15.9 Å². The van der Waals surface area contributed by atoms with E-state index in [1.54, 1.807) is 18.2 Å². The number of anilines is 2. The molecule has 2 rings (SSSR count). The number of nitrogens with two attached hydrogens (primary N) is 1. The Hall–Kier alpha value is -2.08. The van der Waals surface area contributed by atoms with E-state index in [4.69, 9.17) is 10.8 Å². The van der Waals surface area contributed by atoms with E-state index in [9.17, 15) is 5.21 Å². The fourth-order valence-corrected chi connectivity index (χ4v) is 1.51. The maximum absolute atomic E-state index is 11.1. The van der Waals surface area contributed by atoms with E-state index >= 15 is 0 Å². The Labute approximate surface area is 91.9 Å². The minimum Gasteiger partial charge on any atom is -0.594 e. The van der Waals surface area contributed by atoms with Crippen molar-refractivity contribution in [2.24, 2.45) is 0 Å². The lowest BCUT2D eigenvalue weighted by molar-refractivity contribution is -0.666. The van der Waals surface area contributed by atoms with Gasteiger partial charge in [-0.3, -0.25) is 0 Å². The second kappa shape index (κ2) is 4.19. The second-order valence-electron chi connectivity index (χ2n) is 3.33. The summed E-state index contributed by atoms with van der Waals surface area (Å²) in [6.07, 6.45) is 1.30. The highest BCUT2D eigenvalue weighted by Crippen LogP contribution is 2.24. The van der Waals surface area contributed by atoms with Crippen LogP contribution in [0.25, 0.3) is 10.9 Å². The average Bonchev–Trinajstić information content (AvgIpc) is 2.28. The number of aliphatic hydroxyl groups is 1. The van der Waals surface area contributed by atoms with E-state index in [0.717, 1.165) is 5.39 Å². The van der Waals surface area contributed by atoms with Crippen molar-refractivity contribution in [2.75, 3.05) is 24.2 Å². The minimum absolute atomic E-state index is 0.01000. The van der Waals surface area contributed by atoms with Crippen molar-refractivity contribution >= 4 is 22.3 Å². The van der Waals surface area contributed by atoms with Crippen LogP contribution in [-0.2, 0) is 0 Å². The molecule has 0 radical (unpaired) electrons. The van der Waals surface area contributed by atoms with E-state index in [0.29, 0.717) is 28.3 Å². The molecule has 0 atom stereocenters. The summed E-state index contributed by atoms with van der Waals surface area (Å²) in [5.74, 6) is 0. The number of nitrogens with zero attached hydrogens (tertiary/aromatic N) is 2. The first-order chi connectivity index (χ1) is 7.72. The van der Waals surface area contributed by atoms with Crippen LogP contribution in [0, 0.1) is 5.21 Å². The Kier molecular flexibility index (Phi) is 2.74. The van der Waals surface area contributed by atoms with Crippen molar-refractivity contribution in [1.29, 1.82) is 0 Å². The lowest BCUT2D eigenvalue weighted by atomic mass is 10.1. The molecule has 0 aliphatic rings.